The van der Waals surface area contributed by atoms with Crippen LogP contribution >= 0.6 is 11.6 Å². The third-order valence-electron chi connectivity index (χ3n) is 3.36. The highest BCUT2D eigenvalue weighted by molar-refractivity contribution is 6.30. The summed E-state index contributed by atoms with van der Waals surface area (Å²) in [5.41, 5.74) is 4.25. The molecule has 0 aliphatic heterocycles. The van der Waals surface area contributed by atoms with Gasteiger partial charge in [-0.05, 0) is 25.7 Å². The van der Waals surface area contributed by atoms with Crippen LogP contribution in [-0.4, -0.2) is 19.7 Å². The maximum absolute atomic E-state index is 6.25. The van der Waals surface area contributed by atoms with Crippen LogP contribution < -0.4 is 0 Å². The first-order valence-corrected chi connectivity index (χ1v) is 6.65. The Labute approximate surface area is 111 Å². The minimum absolute atomic E-state index is 0.610. The normalized spacial score (nSPS) is 13.9. The molecular weight excluding hydrogens is 248 g/mol. The molecule has 2 aromatic heterocycles. The van der Waals surface area contributed by atoms with Gasteiger partial charge in [-0.15, -0.1) is 0 Å². The molecule has 0 radical (unpaired) electrons. The summed E-state index contributed by atoms with van der Waals surface area (Å²) >= 11 is 6.25. The highest BCUT2D eigenvalue weighted by Gasteiger charge is 2.20. The molecule has 0 amide bonds. The van der Waals surface area contributed by atoms with Crippen molar-refractivity contribution in [2.24, 2.45) is 7.05 Å². The van der Waals surface area contributed by atoms with Crippen molar-refractivity contribution in [3.63, 3.8) is 0 Å². The van der Waals surface area contributed by atoms with Gasteiger partial charge >= 0.3 is 0 Å². The quantitative estimate of drug-likeness (QED) is 0.782. The van der Waals surface area contributed by atoms with Crippen molar-refractivity contribution in [3.05, 3.63) is 28.3 Å². The first-order chi connectivity index (χ1) is 8.69. The monoisotopic (exact) mass is 262 g/mol. The molecule has 5 heteroatoms. The van der Waals surface area contributed by atoms with Crippen LogP contribution in [0.5, 0.6) is 0 Å². The van der Waals surface area contributed by atoms with Crippen LogP contribution in [0.15, 0.2) is 6.20 Å². The number of hydrogen-bond donors (Lipinski definition) is 0. The number of rotatable bonds is 2. The molecule has 18 heavy (non-hydrogen) atoms. The molecule has 0 atom stereocenters. The van der Waals surface area contributed by atoms with Crippen molar-refractivity contribution in [2.45, 2.75) is 32.6 Å². The Balaban J connectivity index is 2.14. The smallest absolute Gasteiger partial charge is 0.164 e. The van der Waals surface area contributed by atoms with E-state index in [0.717, 1.165) is 48.2 Å². The molecule has 2 heterocycles. The van der Waals surface area contributed by atoms with Gasteiger partial charge in [-0.2, -0.15) is 5.10 Å². The zero-order chi connectivity index (χ0) is 12.7. The Morgan fingerprint density at radius 3 is 2.94 bits per heavy atom. The van der Waals surface area contributed by atoms with Crippen molar-refractivity contribution < 1.29 is 0 Å². The van der Waals surface area contributed by atoms with Gasteiger partial charge in [0, 0.05) is 24.5 Å². The summed E-state index contributed by atoms with van der Waals surface area (Å²) in [5, 5.41) is 5.03. The van der Waals surface area contributed by atoms with E-state index in [4.69, 9.17) is 11.6 Å². The van der Waals surface area contributed by atoms with Gasteiger partial charge in [0.1, 0.15) is 5.15 Å². The highest BCUT2D eigenvalue weighted by atomic mass is 35.5. The summed E-state index contributed by atoms with van der Waals surface area (Å²) in [6.45, 7) is 2.08. The van der Waals surface area contributed by atoms with Gasteiger partial charge in [0.2, 0.25) is 0 Å². The standard InChI is InChI=1S/C13H15ClN4/c1-3-10-9(7-18(2)17-10)13-15-11-6-4-5-8(11)12(14)16-13/h7H,3-6H2,1-2H3. The number of aryl methyl sites for hydroxylation is 3. The fraction of sp³-hybridized carbons (Fsp3) is 0.462. The molecule has 0 aromatic carbocycles. The van der Waals surface area contributed by atoms with E-state index in [1.165, 1.54) is 0 Å². The SMILES string of the molecule is CCc1nn(C)cc1-c1nc(Cl)c2c(n1)CCC2. The average Bonchev–Trinajstić information content (AvgIpc) is 2.94. The number of fused-ring (bicyclic) bond motifs is 1. The van der Waals surface area contributed by atoms with Gasteiger partial charge in [0.15, 0.2) is 5.82 Å². The summed E-state index contributed by atoms with van der Waals surface area (Å²) in [6.07, 6.45) is 5.97. The lowest BCUT2D eigenvalue weighted by atomic mass is 10.2. The summed E-state index contributed by atoms with van der Waals surface area (Å²) in [5.74, 6) is 0.714. The molecule has 94 valence electrons. The molecule has 0 saturated carbocycles. The molecule has 0 saturated heterocycles. The Bertz CT molecular complexity index is 603. The second-order valence-electron chi connectivity index (χ2n) is 4.63. The van der Waals surface area contributed by atoms with E-state index < -0.39 is 0 Å². The molecule has 0 unspecified atom stereocenters. The van der Waals surface area contributed by atoms with Crippen molar-refractivity contribution in [1.29, 1.82) is 0 Å². The first kappa shape index (κ1) is 11.7. The fourth-order valence-electron chi connectivity index (χ4n) is 2.49. The third-order valence-corrected chi connectivity index (χ3v) is 3.68. The van der Waals surface area contributed by atoms with E-state index in [9.17, 15) is 0 Å². The molecule has 4 nitrogen and oxygen atoms in total. The number of nitrogens with zero attached hydrogens (tertiary/aromatic N) is 4. The van der Waals surface area contributed by atoms with Crippen LogP contribution in [-0.2, 0) is 26.3 Å². The van der Waals surface area contributed by atoms with Crippen LogP contribution in [0, 0.1) is 0 Å². The second-order valence-corrected chi connectivity index (χ2v) is 4.99. The zero-order valence-corrected chi connectivity index (χ0v) is 11.3. The molecular formula is C13H15ClN4. The number of halogens is 1. The van der Waals surface area contributed by atoms with Crippen LogP contribution in [0.2, 0.25) is 5.15 Å². The summed E-state index contributed by atoms with van der Waals surface area (Å²) in [7, 11) is 1.91. The van der Waals surface area contributed by atoms with Crippen LogP contribution in [0.1, 0.15) is 30.3 Å². The van der Waals surface area contributed by atoms with Crippen molar-refractivity contribution in [1.82, 2.24) is 19.7 Å². The molecule has 3 rings (SSSR count). The predicted molar refractivity (Wildman–Crippen MR) is 70.6 cm³/mol. The molecule has 1 aliphatic rings. The predicted octanol–water partition coefficient (Wildman–Crippen LogP) is 2.58. The molecule has 1 aliphatic carbocycles. The second kappa shape index (κ2) is 4.35. The molecule has 0 fully saturated rings. The van der Waals surface area contributed by atoms with Gasteiger partial charge in [0.05, 0.1) is 11.3 Å². The van der Waals surface area contributed by atoms with Gasteiger partial charge in [-0.3, -0.25) is 4.68 Å². The van der Waals surface area contributed by atoms with E-state index in [-0.39, 0.29) is 0 Å². The van der Waals surface area contributed by atoms with Crippen LogP contribution in [0.3, 0.4) is 0 Å². The van der Waals surface area contributed by atoms with E-state index in [0.29, 0.717) is 11.0 Å². The number of aromatic nitrogens is 4. The van der Waals surface area contributed by atoms with Crippen molar-refractivity contribution in [3.8, 4) is 11.4 Å². The fourth-order valence-corrected chi connectivity index (χ4v) is 2.77. The van der Waals surface area contributed by atoms with E-state index >= 15 is 0 Å². The maximum Gasteiger partial charge on any atom is 0.164 e. The third kappa shape index (κ3) is 1.81. The lowest BCUT2D eigenvalue weighted by molar-refractivity contribution is 0.746. The van der Waals surface area contributed by atoms with Crippen molar-refractivity contribution in [2.75, 3.05) is 0 Å². The Kier molecular flexibility index (Phi) is 2.82. The first-order valence-electron chi connectivity index (χ1n) is 6.27. The molecule has 2 aromatic rings. The van der Waals surface area contributed by atoms with Crippen LogP contribution in [0.4, 0.5) is 0 Å². The Morgan fingerprint density at radius 1 is 1.33 bits per heavy atom. The summed E-state index contributed by atoms with van der Waals surface area (Å²) < 4.78 is 1.80. The zero-order valence-electron chi connectivity index (χ0n) is 10.6. The van der Waals surface area contributed by atoms with Gasteiger partial charge in [-0.25, -0.2) is 9.97 Å². The topological polar surface area (TPSA) is 43.6 Å². The van der Waals surface area contributed by atoms with Crippen molar-refractivity contribution >= 4 is 11.6 Å². The lowest BCUT2D eigenvalue weighted by Gasteiger charge is -2.05. The van der Waals surface area contributed by atoms with Gasteiger partial charge in [-0.1, -0.05) is 18.5 Å². The summed E-state index contributed by atoms with van der Waals surface area (Å²) in [4.78, 5) is 9.10. The highest BCUT2D eigenvalue weighted by Crippen LogP contribution is 2.29. The lowest BCUT2D eigenvalue weighted by Crippen LogP contribution is -1.98. The molecule has 0 N–H and O–H groups in total. The maximum atomic E-state index is 6.25. The van der Waals surface area contributed by atoms with E-state index in [1.807, 2.05) is 13.2 Å². The summed E-state index contributed by atoms with van der Waals surface area (Å²) in [6, 6.07) is 0. The van der Waals surface area contributed by atoms with Gasteiger partial charge in [0.25, 0.3) is 0 Å². The number of hydrogen-bond acceptors (Lipinski definition) is 3. The molecule has 0 spiro atoms. The Morgan fingerprint density at radius 2 is 2.17 bits per heavy atom. The minimum atomic E-state index is 0.610. The molecule has 0 bridgehead atoms. The minimum Gasteiger partial charge on any atom is -0.275 e. The van der Waals surface area contributed by atoms with Crippen LogP contribution in [0.25, 0.3) is 11.4 Å². The Hall–Kier alpha value is -1.42. The van der Waals surface area contributed by atoms with E-state index in [2.05, 4.69) is 22.0 Å². The largest absolute Gasteiger partial charge is 0.275 e. The van der Waals surface area contributed by atoms with E-state index in [1.54, 1.807) is 4.68 Å². The average molecular weight is 263 g/mol. The van der Waals surface area contributed by atoms with Gasteiger partial charge < -0.3 is 0 Å².